The summed E-state index contributed by atoms with van der Waals surface area (Å²) in [6.07, 6.45) is 4.03. The molecule has 0 unspecified atom stereocenters. The number of amides is 1. The van der Waals surface area contributed by atoms with Crippen LogP contribution in [0.25, 0.3) is 5.57 Å². The van der Waals surface area contributed by atoms with Crippen LogP contribution in [0, 0.1) is 5.82 Å². The first-order chi connectivity index (χ1) is 18.0. The van der Waals surface area contributed by atoms with Crippen LogP contribution in [0.3, 0.4) is 0 Å². The van der Waals surface area contributed by atoms with Crippen molar-refractivity contribution in [2.24, 2.45) is 4.99 Å². The van der Waals surface area contributed by atoms with Gasteiger partial charge in [0.25, 0.3) is 0 Å². The number of ether oxygens (including phenoxy) is 1. The van der Waals surface area contributed by atoms with Gasteiger partial charge in [-0.2, -0.15) is 13.9 Å². The van der Waals surface area contributed by atoms with Crippen molar-refractivity contribution in [1.29, 1.82) is 0 Å². The number of carbonyl (C=O) groups is 1. The largest absolute Gasteiger partial charge is 0.444 e. The highest BCUT2D eigenvalue weighted by Crippen LogP contribution is 2.46. The molecule has 2 aromatic heterocycles. The zero-order valence-electron chi connectivity index (χ0n) is 20.7. The highest BCUT2D eigenvalue weighted by molar-refractivity contribution is 7.11. The van der Waals surface area contributed by atoms with Crippen LogP contribution in [0.15, 0.2) is 52.9 Å². The van der Waals surface area contributed by atoms with Gasteiger partial charge < -0.3 is 15.0 Å². The summed E-state index contributed by atoms with van der Waals surface area (Å²) >= 11 is 7.86. The average molecular weight is 565 g/mol. The van der Waals surface area contributed by atoms with Crippen LogP contribution in [0.5, 0.6) is 0 Å². The van der Waals surface area contributed by atoms with Crippen molar-refractivity contribution < 1.29 is 22.7 Å². The van der Waals surface area contributed by atoms with Gasteiger partial charge in [0.2, 0.25) is 0 Å². The molecule has 0 bridgehead atoms. The molecule has 1 fully saturated rings. The van der Waals surface area contributed by atoms with Gasteiger partial charge in [0.1, 0.15) is 17.5 Å². The number of aromatic nitrogens is 3. The van der Waals surface area contributed by atoms with Crippen LogP contribution in [0.1, 0.15) is 55.9 Å². The smallest absolute Gasteiger partial charge is 0.407 e. The normalized spacial score (nSPS) is 19.6. The van der Waals surface area contributed by atoms with E-state index in [1.54, 1.807) is 27.0 Å². The molecule has 1 aromatic carbocycles. The fourth-order valence-electron chi connectivity index (χ4n) is 4.55. The summed E-state index contributed by atoms with van der Waals surface area (Å²) in [5, 5.41) is 9.31. The molecule has 5 rings (SSSR count). The van der Waals surface area contributed by atoms with Gasteiger partial charge in [0, 0.05) is 52.6 Å². The molecular formula is C25H24ClF3N6O2S. The van der Waals surface area contributed by atoms with Gasteiger partial charge in [0.15, 0.2) is 10.8 Å². The number of alkyl halides is 2. The van der Waals surface area contributed by atoms with E-state index < -0.39 is 30.1 Å². The second kappa shape index (κ2) is 10.1. The summed E-state index contributed by atoms with van der Waals surface area (Å²) in [6, 6.07) is 2.87. The van der Waals surface area contributed by atoms with Crippen LogP contribution in [0.4, 0.5) is 18.0 Å². The first-order valence-corrected chi connectivity index (χ1v) is 13.0. The minimum absolute atomic E-state index is 0.145. The van der Waals surface area contributed by atoms with E-state index in [0.717, 1.165) is 5.70 Å². The number of aliphatic imine (C=N–C) groups is 1. The summed E-state index contributed by atoms with van der Waals surface area (Å²) in [5.41, 5.74) is 1.56. The molecule has 1 N–H and O–H groups in total. The van der Waals surface area contributed by atoms with E-state index in [0.29, 0.717) is 45.2 Å². The van der Waals surface area contributed by atoms with Gasteiger partial charge in [-0.05, 0) is 38.5 Å². The quantitative estimate of drug-likeness (QED) is 0.408. The topological polar surface area (TPSA) is 84.6 Å². The predicted octanol–water partition coefficient (Wildman–Crippen LogP) is 6.04. The van der Waals surface area contributed by atoms with Crippen molar-refractivity contribution in [3.8, 4) is 0 Å². The van der Waals surface area contributed by atoms with Crippen molar-refractivity contribution in [2.75, 3.05) is 6.54 Å². The number of halogens is 4. The number of rotatable bonds is 5. The molecule has 0 spiro atoms. The molecule has 3 aromatic rings. The summed E-state index contributed by atoms with van der Waals surface area (Å²) in [6.45, 7) is 2.84. The third kappa shape index (κ3) is 5.28. The number of alkyl carbamates (subject to hydrolysis) is 1. The lowest BCUT2D eigenvalue weighted by molar-refractivity contribution is 0.0506. The van der Waals surface area contributed by atoms with Gasteiger partial charge in [-0.15, -0.1) is 11.3 Å². The molecule has 2 aliphatic heterocycles. The first kappa shape index (κ1) is 26.2. The van der Waals surface area contributed by atoms with E-state index in [9.17, 15) is 18.0 Å². The minimum Gasteiger partial charge on any atom is -0.444 e. The number of fused-ring (bicyclic) bond motifs is 1. The number of amidine groups is 1. The Labute approximate surface area is 225 Å². The van der Waals surface area contributed by atoms with Gasteiger partial charge >= 0.3 is 12.6 Å². The molecule has 38 heavy (non-hydrogen) atoms. The standard InChI is InChI=1S/C25H24ClF3N6O2S/c1-25(2,3)37-24(36)32-15-9-18-19(13-10-31-35(11-13)23(28)29)20(16-5-4-14(27)8-17(16)26)33-21(34(18)12-15)22-30-6-7-38-22/h4-8,10-11,15,20,23H,9,12H2,1-3H3,(H,32,36)/t15-,20-/m0/s1. The molecule has 0 saturated carbocycles. The summed E-state index contributed by atoms with van der Waals surface area (Å²) in [5.74, 6) is 0.0291. The SMILES string of the molecule is CC(C)(C)OC(=O)N[C@H]1CC2=C(c3cnn(C(F)F)c3)[C@H](c3ccc(F)cc3Cl)N=C(c3nccs3)N2C1. The maximum atomic E-state index is 13.9. The first-order valence-electron chi connectivity index (χ1n) is 11.8. The molecular weight excluding hydrogens is 541 g/mol. The molecule has 8 nitrogen and oxygen atoms in total. The van der Waals surface area contributed by atoms with E-state index in [1.807, 2.05) is 10.3 Å². The van der Waals surface area contributed by atoms with Crippen LogP contribution < -0.4 is 5.32 Å². The fraction of sp³-hybridized carbons (Fsp3) is 0.360. The van der Waals surface area contributed by atoms with E-state index in [4.69, 9.17) is 21.3 Å². The fourth-order valence-corrected chi connectivity index (χ4v) is 5.47. The van der Waals surface area contributed by atoms with Crippen molar-refractivity contribution in [1.82, 2.24) is 25.0 Å². The zero-order chi connectivity index (χ0) is 27.2. The maximum absolute atomic E-state index is 13.9. The Hall–Kier alpha value is -3.38. The number of hydrogen-bond donors (Lipinski definition) is 1. The number of thiazole rings is 1. The number of nitrogens with one attached hydrogen (secondary N) is 1. The molecule has 2 aliphatic rings. The van der Waals surface area contributed by atoms with Gasteiger partial charge in [-0.3, -0.25) is 4.99 Å². The highest BCUT2D eigenvalue weighted by Gasteiger charge is 2.41. The number of benzene rings is 1. The number of nitrogens with zero attached hydrogens (tertiary/aromatic N) is 5. The van der Waals surface area contributed by atoms with Crippen LogP contribution >= 0.6 is 22.9 Å². The van der Waals surface area contributed by atoms with E-state index in [2.05, 4.69) is 15.4 Å². The average Bonchev–Trinajstić information content (AvgIpc) is 3.57. The number of hydrogen-bond acceptors (Lipinski definition) is 7. The molecule has 200 valence electrons. The molecule has 1 saturated heterocycles. The molecule has 1 amide bonds. The van der Waals surface area contributed by atoms with Crippen molar-refractivity contribution in [2.45, 2.75) is 51.4 Å². The third-order valence-electron chi connectivity index (χ3n) is 5.97. The van der Waals surface area contributed by atoms with Crippen LogP contribution in [-0.2, 0) is 4.74 Å². The monoisotopic (exact) mass is 564 g/mol. The zero-order valence-corrected chi connectivity index (χ0v) is 22.2. The van der Waals surface area contributed by atoms with Crippen molar-refractivity contribution in [3.05, 3.63) is 74.8 Å². The Morgan fingerprint density at radius 1 is 1.32 bits per heavy atom. The van der Waals surface area contributed by atoms with Crippen LogP contribution in [0.2, 0.25) is 5.02 Å². The van der Waals surface area contributed by atoms with Gasteiger partial charge in [0.05, 0.1) is 12.2 Å². The lowest BCUT2D eigenvalue weighted by Crippen LogP contribution is -2.41. The lowest BCUT2D eigenvalue weighted by atomic mass is 9.90. The van der Waals surface area contributed by atoms with E-state index in [-0.39, 0.29) is 11.1 Å². The Balaban J connectivity index is 1.64. The lowest BCUT2D eigenvalue weighted by Gasteiger charge is -2.32. The maximum Gasteiger partial charge on any atom is 0.407 e. The Kier molecular flexibility index (Phi) is 6.95. The molecule has 13 heteroatoms. The highest BCUT2D eigenvalue weighted by atomic mass is 35.5. The van der Waals surface area contributed by atoms with E-state index >= 15 is 0 Å². The second-order valence-corrected chi connectivity index (χ2v) is 11.2. The summed E-state index contributed by atoms with van der Waals surface area (Å²) < 4.78 is 46.8. The molecule has 2 atom stereocenters. The van der Waals surface area contributed by atoms with E-state index in [1.165, 1.54) is 41.9 Å². The Morgan fingerprint density at radius 3 is 2.74 bits per heavy atom. The number of carbonyl (C=O) groups excluding carboxylic acids is 1. The molecule has 0 radical (unpaired) electrons. The Morgan fingerprint density at radius 2 is 2.11 bits per heavy atom. The van der Waals surface area contributed by atoms with Crippen LogP contribution in [-0.4, -0.2) is 49.8 Å². The summed E-state index contributed by atoms with van der Waals surface area (Å²) in [7, 11) is 0. The van der Waals surface area contributed by atoms with Gasteiger partial charge in [-0.1, -0.05) is 17.7 Å². The van der Waals surface area contributed by atoms with Crippen molar-refractivity contribution in [3.63, 3.8) is 0 Å². The second-order valence-electron chi connectivity index (χ2n) is 9.86. The Bertz CT molecular complexity index is 1420. The van der Waals surface area contributed by atoms with Crippen molar-refractivity contribution >= 4 is 40.4 Å². The predicted molar refractivity (Wildman–Crippen MR) is 138 cm³/mol. The summed E-state index contributed by atoms with van der Waals surface area (Å²) in [4.78, 5) is 23.9. The molecule has 4 heterocycles. The third-order valence-corrected chi connectivity index (χ3v) is 7.07. The molecule has 0 aliphatic carbocycles. The van der Waals surface area contributed by atoms with Gasteiger partial charge in [-0.25, -0.2) is 18.9 Å². The minimum atomic E-state index is -2.83.